The van der Waals surface area contributed by atoms with Crippen LogP contribution in [0.25, 0.3) is 55.8 Å². The van der Waals surface area contributed by atoms with Crippen molar-refractivity contribution in [3.63, 3.8) is 0 Å². The Morgan fingerprint density at radius 1 is 1.06 bits per heavy atom. The minimum atomic E-state index is -3.42. The van der Waals surface area contributed by atoms with Gasteiger partial charge in [0.2, 0.25) is 10.0 Å². The van der Waals surface area contributed by atoms with Crippen molar-refractivity contribution in [2.24, 2.45) is 0 Å². The third-order valence-electron chi connectivity index (χ3n) is 5.81. The molecule has 6 rings (SSSR count). The van der Waals surface area contributed by atoms with E-state index >= 15 is 0 Å². The van der Waals surface area contributed by atoms with Crippen LogP contribution in [-0.4, -0.2) is 50.0 Å². The number of nitrogens with one attached hydrogen (secondary N) is 4. The average Bonchev–Trinajstić information content (AvgIpc) is 3.60. The first kappa shape index (κ1) is 22.1. The molecule has 0 bridgehead atoms. The molecule has 0 radical (unpaired) electrons. The highest BCUT2D eigenvalue weighted by Crippen LogP contribution is 2.33. The highest BCUT2D eigenvalue weighted by atomic mass is 32.2. The lowest BCUT2D eigenvalue weighted by molar-refractivity contribution is 0.586. The van der Waals surface area contributed by atoms with Gasteiger partial charge in [-0.1, -0.05) is 6.07 Å². The third-order valence-corrected chi connectivity index (χ3v) is 6.48. The van der Waals surface area contributed by atoms with Gasteiger partial charge in [-0.25, -0.2) is 27.5 Å². The van der Waals surface area contributed by atoms with Gasteiger partial charge in [-0.2, -0.15) is 10.2 Å². The van der Waals surface area contributed by atoms with Crippen molar-refractivity contribution in [3.05, 3.63) is 72.4 Å². The van der Waals surface area contributed by atoms with Gasteiger partial charge >= 0.3 is 0 Å². The predicted molar refractivity (Wildman–Crippen MR) is 134 cm³/mol. The van der Waals surface area contributed by atoms with E-state index in [1.165, 1.54) is 12.1 Å². The summed E-state index contributed by atoms with van der Waals surface area (Å²) in [7, 11) is -3.42. The SMILES string of the molecule is CS(=O)(=O)NCc1cc(F)cc(-c2ccnc3[nH]c(-c4n[nH]c5ccc(-c6cn[nH]c6)cc45)nc23)c1. The lowest BCUT2D eigenvalue weighted by Gasteiger charge is -2.07. The fraction of sp³-hybridized carbons (Fsp3) is 0.0833. The van der Waals surface area contributed by atoms with E-state index in [2.05, 4.69) is 35.1 Å². The Labute approximate surface area is 204 Å². The number of nitrogens with zero attached hydrogens (tertiary/aromatic N) is 4. The second-order valence-electron chi connectivity index (χ2n) is 8.40. The molecule has 0 aliphatic carbocycles. The van der Waals surface area contributed by atoms with E-state index in [4.69, 9.17) is 4.98 Å². The van der Waals surface area contributed by atoms with Crippen LogP contribution >= 0.6 is 0 Å². The summed E-state index contributed by atoms with van der Waals surface area (Å²) in [6.45, 7) is -0.0259. The number of sulfonamides is 1. The van der Waals surface area contributed by atoms with Gasteiger partial charge in [0.25, 0.3) is 0 Å². The van der Waals surface area contributed by atoms with Crippen molar-refractivity contribution >= 4 is 32.1 Å². The summed E-state index contributed by atoms with van der Waals surface area (Å²) in [5.74, 6) is 0.0273. The van der Waals surface area contributed by atoms with Crippen molar-refractivity contribution in [3.8, 4) is 33.8 Å². The van der Waals surface area contributed by atoms with Crippen LogP contribution in [0.4, 0.5) is 4.39 Å². The van der Waals surface area contributed by atoms with E-state index < -0.39 is 15.8 Å². The Bertz CT molecular complexity index is 1840. The number of hydrogen-bond acceptors (Lipinski definition) is 6. The molecular formula is C24H19FN8O2S. The molecule has 2 aromatic carbocycles. The van der Waals surface area contributed by atoms with Gasteiger partial charge in [0.05, 0.1) is 18.0 Å². The van der Waals surface area contributed by atoms with Crippen molar-refractivity contribution < 1.29 is 12.8 Å². The predicted octanol–water partition coefficient (Wildman–Crippen LogP) is 3.75. The molecule has 10 nitrogen and oxygen atoms in total. The fourth-order valence-electron chi connectivity index (χ4n) is 4.16. The summed E-state index contributed by atoms with van der Waals surface area (Å²) in [6, 6.07) is 12.1. The van der Waals surface area contributed by atoms with Crippen LogP contribution in [0.5, 0.6) is 0 Å². The van der Waals surface area contributed by atoms with Crippen LogP contribution in [0.2, 0.25) is 0 Å². The molecule has 4 aromatic heterocycles. The van der Waals surface area contributed by atoms with E-state index in [1.807, 2.05) is 24.4 Å². The number of hydrogen-bond donors (Lipinski definition) is 4. The molecule has 0 saturated carbocycles. The maximum Gasteiger partial charge on any atom is 0.209 e. The molecular weight excluding hydrogens is 483 g/mol. The zero-order valence-electron chi connectivity index (χ0n) is 18.9. The monoisotopic (exact) mass is 502 g/mol. The number of aromatic amines is 3. The van der Waals surface area contributed by atoms with Gasteiger partial charge in [-0.05, 0) is 53.1 Å². The topological polar surface area (TPSA) is 145 Å². The maximum atomic E-state index is 14.4. The van der Waals surface area contributed by atoms with Crippen LogP contribution < -0.4 is 4.72 Å². The summed E-state index contributed by atoms with van der Waals surface area (Å²) in [5, 5.41) is 15.2. The first-order valence-corrected chi connectivity index (χ1v) is 12.8. The molecule has 4 heterocycles. The first-order chi connectivity index (χ1) is 17.3. The largest absolute Gasteiger partial charge is 0.321 e. The first-order valence-electron chi connectivity index (χ1n) is 10.9. The van der Waals surface area contributed by atoms with Gasteiger partial charge in [0, 0.05) is 35.5 Å². The van der Waals surface area contributed by atoms with Gasteiger partial charge in [0.1, 0.15) is 17.0 Å². The lowest BCUT2D eigenvalue weighted by Crippen LogP contribution is -2.21. The molecule has 0 amide bonds. The highest BCUT2D eigenvalue weighted by molar-refractivity contribution is 7.88. The summed E-state index contributed by atoms with van der Waals surface area (Å²) in [4.78, 5) is 12.4. The normalized spacial score (nSPS) is 12.1. The quantitative estimate of drug-likeness (QED) is 0.273. The van der Waals surface area contributed by atoms with Crippen LogP contribution in [0.1, 0.15) is 5.56 Å². The molecule has 12 heteroatoms. The number of halogens is 1. The summed E-state index contributed by atoms with van der Waals surface area (Å²) >= 11 is 0. The van der Waals surface area contributed by atoms with Crippen molar-refractivity contribution in [1.29, 1.82) is 0 Å². The zero-order chi connectivity index (χ0) is 24.9. The molecule has 0 unspecified atom stereocenters. The van der Waals surface area contributed by atoms with Crippen LogP contribution in [-0.2, 0) is 16.6 Å². The number of fused-ring (bicyclic) bond motifs is 2. The molecule has 36 heavy (non-hydrogen) atoms. The van der Waals surface area contributed by atoms with E-state index in [-0.39, 0.29) is 6.54 Å². The molecule has 0 spiro atoms. The Kier molecular flexibility index (Phi) is 5.12. The molecule has 0 fully saturated rings. The van der Waals surface area contributed by atoms with E-state index in [0.717, 1.165) is 28.3 Å². The summed E-state index contributed by atoms with van der Waals surface area (Å²) in [6.07, 6.45) is 6.23. The van der Waals surface area contributed by atoms with Gasteiger partial charge in [-0.3, -0.25) is 10.2 Å². The number of aromatic nitrogens is 7. The highest BCUT2D eigenvalue weighted by Gasteiger charge is 2.17. The molecule has 6 aromatic rings. The second-order valence-corrected chi connectivity index (χ2v) is 10.2. The van der Waals surface area contributed by atoms with Crippen molar-refractivity contribution in [2.75, 3.05) is 6.26 Å². The van der Waals surface area contributed by atoms with Gasteiger partial charge in [0.15, 0.2) is 11.5 Å². The Morgan fingerprint density at radius 3 is 2.75 bits per heavy atom. The number of benzene rings is 2. The van der Waals surface area contributed by atoms with E-state index in [0.29, 0.717) is 39.4 Å². The molecule has 4 N–H and O–H groups in total. The van der Waals surface area contributed by atoms with Gasteiger partial charge < -0.3 is 4.98 Å². The van der Waals surface area contributed by atoms with Crippen LogP contribution in [0.15, 0.2) is 61.1 Å². The van der Waals surface area contributed by atoms with Crippen LogP contribution in [0.3, 0.4) is 0 Å². The molecule has 0 saturated heterocycles. The Morgan fingerprint density at radius 2 is 1.94 bits per heavy atom. The molecule has 0 aliphatic rings. The Balaban J connectivity index is 1.44. The second kappa shape index (κ2) is 8.36. The maximum absolute atomic E-state index is 14.4. The van der Waals surface area contributed by atoms with Crippen LogP contribution in [0, 0.1) is 5.82 Å². The molecule has 0 atom stereocenters. The standard InChI is InChI=1S/C24H19FN8O2S/c1-36(34,35)29-10-13-6-15(8-17(25)7-13)18-4-5-26-23-21(18)30-24(31-23)22-19-9-14(16-11-27-28-12-16)2-3-20(19)32-33-22/h2-9,11-12,29H,10H2,1H3,(H,27,28)(H,32,33)(H,26,30,31). The fourth-order valence-corrected chi connectivity index (χ4v) is 4.59. The molecule has 180 valence electrons. The average molecular weight is 503 g/mol. The van der Waals surface area contributed by atoms with E-state index in [1.54, 1.807) is 24.5 Å². The minimum Gasteiger partial charge on any atom is -0.321 e. The van der Waals surface area contributed by atoms with Gasteiger partial charge in [-0.15, -0.1) is 0 Å². The summed E-state index contributed by atoms with van der Waals surface area (Å²) in [5.41, 5.74) is 6.15. The van der Waals surface area contributed by atoms with E-state index in [9.17, 15) is 12.8 Å². The Hall–Kier alpha value is -4.42. The third kappa shape index (κ3) is 4.12. The number of H-pyrrole nitrogens is 3. The van der Waals surface area contributed by atoms with Crippen molar-refractivity contribution in [2.45, 2.75) is 6.54 Å². The number of imidazole rings is 1. The van der Waals surface area contributed by atoms with Crippen molar-refractivity contribution in [1.82, 2.24) is 40.1 Å². The lowest BCUT2D eigenvalue weighted by atomic mass is 10.0. The smallest absolute Gasteiger partial charge is 0.209 e. The zero-order valence-corrected chi connectivity index (χ0v) is 19.7. The minimum absolute atomic E-state index is 0.0259. The molecule has 0 aliphatic heterocycles. The summed E-state index contributed by atoms with van der Waals surface area (Å²) < 4.78 is 39.8. The number of pyridine rings is 1. The number of rotatable bonds is 6.